The maximum atomic E-state index is 12.8. The number of thiophene rings is 1. The van der Waals surface area contributed by atoms with Crippen LogP contribution < -0.4 is 5.32 Å². The molecule has 2 aromatic rings. The van der Waals surface area contributed by atoms with E-state index in [1.807, 2.05) is 17.5 Å². The van der Waals surface area contributed by atoms with E-state index in [2.05, 4.69) is 15.3 Å². The number of aromatic nitrogens is 2. The molecule has 0 atom stereocenters. The second kappa shape index (κ2) is 6.92. The van der Waals surface area contributed by atoms with Gasteiger partial charge in [-0.15, -0.1) is 11.3 Å². The molecule has 2 aliphatic rings. The third kappa shape index (κ3) is 3.71. The average Bonchev–Trinajstić information content (AvgIpc) is 3.36. The summed E-state index contributed by atoms with van der Waals surface area (Å²) in [5, 5.41) is 4.85. The highest BCUT2D eigenvalue weighted by Crippen LogP contribution is 2.38. The molecule has 2 aromatic heterocycles. The molecule has 0 unspecified atom stereocenters. The third-order valence-electron chi connectivity index (χ3n) is 4.56. The molecule has 0 aromatic carbocycles. The lowest BCUT2D eigenvalue weighted by atomic mass is 10.1. The molecule has 0 bridgehead atoms. The highest BCUT2D eigenvalue weighted by molar-refractivity contribution is 7.09. The van der Waals surface area contributed by atoms with Crippen LogP contribution in [0.5, 0.6) is 0 Å². The van der Waals surface area contributed by atoms with Crippen molar-refractivity contribution in [2.75, 3.05) is 13.1 Å². The number of nitrogens with one attached hydrogen (secondary N) is 1. The van der Waals surface area contributed by atoms with E-state index in [4.69, 9.17) is 0 Å². The van der Waals surface area contributed by atoms with Crippen LogP contribution in [0.1, 0.15) is 51.9 Å². The van der Waals surface area contributed by atoms with Crippen LogP contribution in [0, 0.1) is 0 Å². The number of hydrogen-bond donors (Lipinski definition) is 1. The van der Waals surface area contributed by atoms with Crippen LogP contribution in [-0.2, 0) is 17.8 Å². The van der Waals surface area contributed by atoms with Crippen molar-refractivity contribution in [3.8, 4) is 0 Å². The van der Waals surface area contributed by atoms with Crippen LogP contribution in [0.15, 0.2) is 23.7 Å². The Balaban J connectivity index is 1.42. The molecule has 4 rings (SSSR count). The monoisotopic (exact) mass is 356 g/mol. The van der Waals surface area contributed by atoms with Crippen molar-refractivity contribution >= 4 is 23.2 Å². The molecule has 6 nitrogen and oxygen atoms in total. The van der Waals surface area contributed by atoms with Gasteiger partial charge in [-0.05, 0) is 37.1 Å². The second-order valence-corrected chi connectivity index (χ2v) is 7.58. The molecule has 1 aliphatic carbocycles. The Morgan fingerprint density at radius 3 is 3.04 bits per heavy atom. The van der Waals surface area contributed by atoms with Gasteiger partial charge in [-0.25, -0.2) is 9.97 Å². The molecule has 1 saturated carbocycles. The van der Waals surface area contributed by atoms with Gasteiger partial charge in [0.1, 0.15) is 5.82 Å². The SMILES string of the molecule is O=C(CN1CCCc2nc(C3CC3)ncc2C1=O)NCc1cccs1. The topological polar surface area (TPSA) is 75.2 Å². The van der Waals surface area contributed by atoms with E-state index in [0.717, 1.165) is 42.1 Å². The Hall–Kier alpha value is -2.28. The van der Waals surface area contributed by atoms with Crippen molar-refractivity contribution in [1.82, 2.24) is 20.2 Å². The zero-order valence-corrected chi connectivity index (χ0v) is 14.7. The van der Waals surface area contributed by atoms with Crippen LogP contribution in [0.25, 0.3) is 0 Å². The van der Waals surface area contributed by atoms with Gasteiger partial charge < -0.3 is 10.2 Å². The first-order chi connectivity index (χ1) is 12.2. The van der Waals surface area contributed by atoms with Crippen LogP contribution in [0.2, 0.25) is 0 Å². The summed E-state index contributed by atoms with van der Waals surface area (Å²) < 4.78 is 0. The van der Waals surface area contributed by atoms with Crippen molar-refractivity contribution in [2.45, 2.75) is 38.1 Å². The number of rotatable bonds is 5. The summed E-state index contributed by atoms with van der Waals surface area (Å²) in [7, 11) is 0. The van der Waals surface area contributed by atoms with Gasteiger partial charge in [-0.3, -0.25) is 9.59 Å². The maximum Gasteiger partial charge on any atom is 0.257 e. The van der Waals surface area contributed by atoms with E-state index >= 15 is 0 Å². The predicted octanol–water partition coefficient (Wildman–Crippen LogP) is 2.12. The molecule has 2 amide bonds. The van der Waals surface area contributed by atoms with Crippen LogP contribution >= 0.6 is 11.3 Å². The molecule has 0 radical (unpaired) electrons. The highest BCUT2D eigenvalue weighted by atomic mass is 32.1. The number of hydrogen-bond acceptors (Lipinski definition) is 5. The molecule has 1 fully saturated rings. The van der Waals surface area contributed by atoms with E-state index in [-0.39, 0.29) is 18.4 Å². The first-order valence-electron chi connectivity index (χ1n) is 8.65. The fraction of sp³-hybridized carbons (Fsp3) is 0.444. The number of carbonyl (C=O) groups excluding carboxylic acids is 2. The van der Waals surface area contributed by atoms with Crippen LogP contribution in [0.4, 0.5) is 0 Å². The molecule has 130 valence electrons. The summed E-state index contributed by atoms with van der Waals surface area (Å²) in [6, 6.07) is 3.93. The van der Waals surface area contributed by atoms with E-state index in [0.29, 0.717) is 24.6 Å². The lowest BCUT2D eigenvalue weighted by Crippen LogP contribution is -2.40. The minimum atomic E-state index is -0.138. The molecule has 1 aliphatic heterocycles. The van der Waals surface area contributed by atoms with E-state index in [9.17, 15) is 9.59 Å². The fourth-order valence-corrected chi connectivity index (χ4v) is 3.67. The first kappa shape index (κ1) is 16.2. The maximum absolute atomic E-state index is 12.8. The van der Waals surface area contributed by atoms with E-state index in [1.165, 1.54) is 0 Å². The Bertz CT molecular complexity index is 786. The third-order valence-corrected chi connectivity index (χ3v) is 5.44. The lowest BCUT2D eigenvalue weighted by molar-refractivity contribution is -0.121. The minimum Gasteiger partial charge on any atom is -0.350 e. The predicted molar refractivity (Wildman–Crippen MR) is 94.4 cm³/mol. The van der Waals surface area contributed by atoms with Crippen molar-refractivity contribution in [1.29, 1.82) is 0 Å². The van der Waals surface area contributed by atoms with Gasteiger partial charge in [-0.2, -0.15) is 0 Å². The zero-order valence-electron chi connectivity index (χ0n) is 13.9. The number of aryl methyl sites for hydroxylation is 1. The average molecular weight is 356 g/mol. The standard InChI is InChI=1S/C18H20N4O2S/c23-16(19-9-13-3-2-8-25-13)11-22-7-1-4-15-14(18(22)24)10-20-17(21-15)12-5-6-12/h2-3,8,10,12H,1,4-7,9,11H2,(H,19,23). The number of carbonyl (C=O) groups is 2. The zero-order chi connectivity index (χ0) is 17.2. The van der Waals surface area contributed by atoms with Crippen LogP contribution in [0.3, 0.4) is 0 Å². The molecular formula is C18H20N4O2S. The summed E-state index contributed by atoms with van der Waals surface area (Å²) in [6.07, 6.45) is 5.52. The quantitative estimate of drug-likeness (QED) is 0.890. The Kier molecular flexibility index (Phi) is 4.48. The van der Waals surface area contributed by atoms with Gasteiger partial charge in [0, 0.05) is 23.5 Å². The first-order valence-corrected chi connectivity index (χ1v) is 9.53. The number of nitrogens with zero attached hydrogens (tertiary/aromatic N) is 3. The van der Waals surface area contributed by atoms with Crippen molar-refractivity contribution in [3.63, 3.8) is 0 Å². The van der Waals surface area contributed by atoms with Gasteiger partial charge >= 0.3 is 0 Å². The smallest absolute Gasteiger partial charge is 0.257 e. The van der Waals surface area contributed by atoms with E-state index < -0.39 is 0 Å². The van der Waals surface area contributed by atoms with Gasteiger partial charge in [0.25, 0.3) is 5.91 Å². The molecule has 7 heteroatoms. The second-order valence-electron chi connectivity index (χ2n) is 6.55. The van der Waals surface area contributed by atoms with Crippen molar-refractivity contribution in [3.05, 3.63) is 45.7 Å². The summed E-state index contributed by atoms with van der Waals surface area (Å²) in [5.74, 6) is 1.07. The molecule has 0 saturated heterocycles. The van der Waals surface area contributed by atoms with Crippen molar-refractivity contribution in [2.24, 2.45) is 0 Å². The number of amides is 2. The Morgan fingerprint density at radius 2 is 2.28 bits per heavy atom. The van der Waals surface area contributed by atoms with Gasteiger partial charge in [0.05, 0.1) is 24.3 Å². The molecule has 1 N–H and O–H groups in total. The minimum absolute atomic E-state index is 0.0774. The van der Waals surface area contributed by atoms with Gasteiger partial charge in [-0.1, -0.05) is 6.07 Å². The lowest BCUT2D eigenvalue weighted by Gasteiger charge is -2.20. The van der Waals surface area contributed by atoms with Gasteiger partial charge in [0.15, 0.2) is 0 Å². The highest BCUT2D eigenvalue weighted by Gasteiger charge is 2.30. The normalized spacial score (nSPS) is 17.1. The largest absolute Gasteiger partial charge is 0.350 e. The molecular weight excluding hydrogens is 336 g/mol. The Labute approximate surface area is 150 Å². The van der Waals surface area contributed by atoms with Crippen LogP contribution in [-0.4, -0.2) is 39.8 Å². The molecule has 25 heavy (non-hydrogen) atoms. The summed E-state index contributed by atoms with van der Waals surface area (Å²) in [6.45, 7) is 1.15. The number of fused-ring (bicyclic) bond motifs is 1. The summed E-state index contributed by atoms with van der Waals surface area (Å²) >= 11 is 1.60. The summed E-state index contributed by atoms with van der Waals surface area (Å²) in [4.78, 5) is 36.7. The molecule has 0 spiro atoms. The van der Waals surface area contributed by atoms with Crippen molar-refractivity contribution < 1.29 is 9.59 Å². The summed E-state index contributed by atoms with van der Waals surface area (Å²) in [5.41, 5.74) is 1.39. The fourth-order valence-electron chi connectivity index (χ4n) is 3.03. The Morgan fingerprint density at radius 1 is 1.40 bits per heavy atom. The molecule has 3 heterocycles. The van der Waals surface area contributed by atoms with Gasteiger partial charge in [0.2, 0.25) is 5.91 Å². The van der Waals surface area contributed by atoms with E-state index in [1.54, 1.807) is 22.4 Å².